The molecule has 2 saturated heterocycles. The van der Waals surface area contributed by atoms with Crippen LogP contribution in [0, 0.1) is 0 Å². The van der Waals surface area contributed by atoms with Crippen LogP contribution >= 0.6 is 0 Å². The average Bonchev–Trinajstić information content (AvgIpc) is 2.91. The lowest BCUT2D eigenvalue weighted by Crippen LogP contribution is -2.57. The number of hydrogen-bond acceptors (Lipinski definition) is 12. The van der Waals surface area contributed by atoms with Crippen molar-refractivity contribution < 1.29 is 68.5 Å². The van der Waals surface area contributed by atoms with E-state index in [4.69, 9.17) is 24.1 Å². The second-order valence-corrected chi connectivity index (χ2v) is 11.8. The molecule has 0 spiro atoms. The number of phenols is 2. The van der Waals surface area contributed by atoms with E-state index < -0.39 is 96.2 Å². The Labute approximate surface area is 256 Å². The van der Waals surface area contributed by atoms with Crippen LogP contribution in [0.5, 0.6) is 11.5 Å². The van der Waals surface area contributed by atoms with E-state index in [2.05, 4.69) is 0 Å². The molecule has 2 aromatic carbocycles. The Balaban J connectivity index is 1.43. The van der Waals surface area contributed by atoms with Crippen molar-refractivity contribution in [2.75, 3.05) is 0 Å². The van der Waals surface area contributed by atoms with Gasteiger partial charge in [0.15, 0.2) is 11.6 Å². The molecule has 2 fully saturated rings. The predicted octanol–water partition coefficient (Wildman–Crippen LogP) is 2.01. The third-order valence-electron chi connectivity index (χ3n) is 8.12. The number of carboxylic acids is 2. The summed E-state index contributed by atoms with van der Waals surface area (Å²) in [4.78, 5) is 61.3. The highest BCUT2D eigenvalue weighted by atomic mass is 16.7. The first kappa shape index (κ1) is 32.0. The number of carbonyl (C=O) groups excluding carboxylic acids is 3. The third kappa shape index (κ3) is 6.14. The van der Waals surface area contributed by atoms with Crippen LogP contribution in [0.2, 0.25) is 0 Å². The molecule has 0 amide bonds. The van der Waals surface area contributed by atoms with Gasteiger partial charge in [0.25, 0.3) is 0 Å². The minimum Gasteiger partial charge on any atom is -0.507 e. The first-order valence-corrected chi connectivity index (χ1v) is 14.2. The maximum atomic E-state index is 13.6. The molecule has 2 aliphatic heterocycles. The molecule has 0 saturated carbocycles. The Hall–Kier alpha value is -4.37. The number of benzene rings is 2. The molecule has 2 aromatic rings. The van der Waals surface area contributed by atoms with Crippen molar-refractivity contribution >= 4 is 29.5 Å². The average molecular weight is 629 g/mol. The van der Waals surface area contributed by atoms with Gasteiger partial charge in [-0.25, -0.2) is 0 Å². The fourth-order valence-electron chi connectivity index (χ4n) is 6.24. The summed E-state index contributed by atoms with van der Waals surface area (Å²) < 4.78 is 23.1. The van der Waals surface area contributed by atoms with E-state index in [9.17, 15) is 44.4 Å². The number of fused-ring (bicyclic) bond motifs is 3. The Morgan fingerprint density at radius 1 is 0.933 bits per heavy atom. The van der Waals surface area contributed by atoms with Gasteiger partial charge in [0, 0.05) is 36.5 Å². The zero-order chi connectivity index (χ0) is 33.0. The molecule has 1 aliphatic carbocycles. The normalized spacial score (nSPS) is 27.0. The van der Waals surface area contributed by atoms with E-state index in [0.29, 0.717) is 0 Å². The number of rotatable bonds is 8. The van der Waals surface area contributed by atoms with E-state index in [1.165, 1.54) is 31.2 Å². The number of carbonyl (C=O) groups is 5. The molecule has 0 unspecified atom stereocenters. The Morgan fingerprint density at radius 2 is 1.56 bits per heavy atom. The van der Waals surface area contributed by atoms with Crippen LogP contribution in [0.15, 0.2) is 24.3 Å². The third-order valence-corrected chi connectivity index (χ3v) is 8.12. The predicted molar refractivity (Wildman–Crippen MR) is 149 cm³/mol. The maximum Gasteiger partial charge on any atom is 0.306 e. The van der Waals surface area contributed by atoms with E-state index >= 15 is 0 Å². The van der Waals surface area contributed by atoms with Crippen molar-refractivity contribution in [1.29, 1.82) is 0 Å². The SMILES string of the molecule is CC(=O)O[C@H]1O[C@H]2[C@H](C[C@H](c3ccc4c(c3O)C(=O)c3ccc(C[C@@](C)(O)CC(=O)O)c(O)c3C4=O)O[C@@H]2C)O[C@H]1CC(=O)O. The van der Waals surface area contributed by atoms with Gasteiger partial charge in [-0.15, -0.1) is 0 Å². The molecule has 14 nitrogen and oxygen atoms in total. The highest BCUT2D eigenvalue weighted by molar-refractivity contribution is 6.30. The summed E-state index contributed by atoms with van der Waals surface area (Å²) in [6, 6.07) is 5.31. The number of ether oxygens (including phenoxy) is 4. The molecule has 0 radical (unpaired) electrons. The number of hydrogen-bond donors (Lipinski definition) is 5. The highest BCUT2D eigenvalue weighted by Crippen LogP contribution is 2.45. The maximum absolute atomic E-state index is 13.6. The molecule has 0 aromatic heterocycles. The number of aromatic hydroxyl groups is 2. The van der Waals surface area contributed by atoms with Crippen molar-refractivity contribution in [3.63, 3.8) is 0 Å². The van der Waals surface area contributed by atoms with E-state index in [1.807, 2.05) is 0 Å². The van der Waals surface area contributed by atoms with Gasteiger partial charge in [0.05, 0.1) is 47.9 Å². The van der Waals surface area contributed by atoms with Crippen molar-refractivity contribution in [1.82, 2.24) is 0 Å². The zero-order valence-corrected chi connectivity index (χ0v) is 24.5. The largest absolute Gasteiger partial charge is 0.507 e. The van der Waals surface area contributed by atoms with Crippen LogP contribution in [-0.4, -0.2) is 91.3 Å². The summed E-state index contributed by atoms with van der Waals surface area (Å²) in [7, 11) is 0. The zero-order valence-electron chi connectivity index (χ0n) is 24.5. The monoisotopic (exact) mass is 628 g/mol. The lowest BCUT2D eigenvalue weighted by atomic mass is 9.79. The summed E-state index contributed by atoms with van der Waals surface area (Å²) in [6.45, 7) is 4.08. The molecule has 5 rings (SSSR count). The number of ketones is 2. The molecule has 0 bridgehead atoms. The van der Waals surface area contributed by atoms with Gasteiger partial charge in [-0.05, 0) is 31.5 Å². The smallest absolute Gasteiger partial charge is 0.306 e. The molecular formula is C31H32O14. The van der Waals surface area contributed by atoms with Gasteiger partial charge in [-0.1, -0.05) is 12.1 Å². The molecule has 3 aliphatic rings. The van der Waals surface area contributed by atoms with E-state index in [0.717, 1.165) is 6.92 Å². The van der Waals surface area contributed by atoms with E-state index in [-0.39, 0.29) is 46.2 Å². The Morgan fingerprint density at radius 3 is 2.16 bits per heavy atom. The fraction of sp³-hybridized carbons (Fsp3) is 0.452. The second kappa shape index (κ2) is 11.9. The van der Waals surface area contributed by atoms with Crippen LogP contribution in [0.1, 0.15) is 89.1 Å². The van der Waals surface area contributed by atoms with Gasteiger partial charge in [0.1, 0.15) is 23.7 Å². The topological polar surface area (TPSA) is 223 Å². The van der Waals surface area contributed by atoms with Crippen LogP contribution in [0.3, 0.4) is 0 Å². The standard InChI is InChI=1S/C31H32O14/c1-12-29-19(44-20(9-21(33)34)30(45-29)43-13(2)32)8-18(42-12)15-6-7-17-24(26(15)38)28(40)16-5-4-14(25(37)23(16)27(17)39)10-31(3,41)11-22(35)36/h4-7,12,18-20,29-30,37-38,41H,8-11H2,1-3H3,(H,33,34)(H,35,36)/t12-,18-,19+,20+,29-,30+,31-/m1/s1. The van der Waals surface area contributed by atoms with Crippen LogP contribution < -0.4 is 0 Å². The molecule has 240 valence electrons. The van der Waals surface area contributed by atoms with Gasteiger partial charge >= 0.3 is 17.9 Å². The van der Waals surface area contributed by atoms with Crippen molar-refractivity contribution in [2.24, 2.45) is 0 Å². The first-order chi connectivity index (χ1) is 21.1. The summed E-state index contributed by atoms with van der Waals surface area (Å²) in [5.74, 6) is -5.74. The van der Waals surface area contributed by atoms with Crippen molar-refractivity contribution in [3.8, 4) is 11.5 Å². The minimum absolute atomic E-state index is 0.0589. The first-order valence-electron chi connectivity index (χ1n) is 14.2. The van der Waals surface area contributed by atoms with Crippen molar-refractivity contribution in [3.05, 3.63) is 57.6 Å². The lowest BCUT2D eigenvalue weighted by molar-refractivity contribution is -0.328. The number of aliphatic hydroxyl groups is 1. The number of phenolic OH excluding ortho intramolecular Hbond substituents is 2. The highest BCUT2D eigenvalue weighted by Gasteiger charge is 2.49. The Kier molecular flexibility index (Phi) is 8.44. The molecule has 5 N–H and O–H groups in total. The molecule has 2 heterocycles. The molecular weight excluding hydrogens is 596 g/mol. The van der Waals surface area contributed by atoms with Crippen LogP contribution in [0.4, 0.5) is 0 Å². The number of esters is 1. The van der Waals surface area contributed by atoms with Gasteiger partial charge in [0.2, 0.25) is 6.29 Å². The van der Waals surface area contributed by atoms with Crippen LogP contribution in [-0.2, 0) is 39.8 Å². The van der Waals surface area contributed by atoms with E-state index in [1.54, 1.807) is 6.92 Å². The molecule has 14 heteroatoms. The number of carboxylic acid groups (broad SMARTS) is 2. The fourth-order valence-corrected chi connectivity index (χ4v) is 6.24. The van der Waals surface area contributed by atoms with Gasteiger partial charge in [-0.3, -0.25) is 24.0 Å². The minimum atomic E-state index is -1.75. The van der Waals surface area contributed by atoms with Gasteiger partial charge in [-0.2, -0.15) is 0 Å². The van der Waals surface area contributed by atoms with Crippen LogP contribution in [0.25, 0.3) is 0 Å². The summed E-state index contributed by atoms with van der Waals surface area (Å²) in [5, 5.41) is 51.2. The quantitative estimate of drug-likeness (QED) is 0.225. The lowest BCUT2D eigenvalue weighted by Gasteiger charge is -2.47. The van der Waals surface area contributed by atoms with Gasteiger partial charge < -0.3 is 44.5 Å². The molecule has 7 atom stereocenters. The molecule has 45 heavy (non-hydrogen) atoms. The summed E-state index contributed by atoms with van der Waals surface area (Å²) >= 11 is 0. The Bertz CT molecular complexity index is 1590. The second-order valence-electron chi connectivity index (χ2n) is 11.8. The van der Waals surface area contributed by atoms with Crippen molar-refractivity contribution in [2.45, 2.75) is 88.9 Å². The number of aliphatic carboxylic acids is 2. The summed E-state index contributed by atoms with van der Waals surface area (Å²) in [5.41, 5.74) is -2.51. The summed E-state index contributed by atoms with van der Waals surface area (Å²) in [6.07, 6.45) is -6.82.